The Labute approximate surface area is 163 Å². The Kier molecular flexibility index (Phi) is 6.63. The third kappa shape index (κ3) is 5.81. The maximum Gasteiger partial charge on any atom is 0.471 e. The smallest absolute Gasteiger partial charge is 0.471 e. The molecule has 0 radical (unpaired) electrons. The molecule has 1 aromatic heterocycles. The fourth-order valence-electron chi connectivity index (χ4n) is 1.61. The standard InChI is InChI=1S/C14H8Cl2F3N3O4S/c15-7-2-1-6(8(16)3-7)4-26-22-10(11(23)24)9-5-27-13(20-9)21-12(25)14(17,18)19/h1-3,5H,4H2,(H,23,24)(H,20,21,25)/b22-10-. The van der Waals surface area contributed by atoms with Crippen LogP contribution in [-0.2, 0) is 21.0 Å². The van der Waals surface area contributed by atoms with Crippen molar-refractivity contribution in [1.82, 2.24) is 4.98 Å². The van der Waals surface area contributed by atoms with Crippen LogP contribution in [0.1, 0.15) is 11.3 Å². The number of oxime groups is 1. The Morgan fingerprint density at radius 3 is 2.63 bits per heavy atom. The molecule has 0 aliphatic carbocycles. The summed E-state index contributed by atoms with van der Waals surface area (Å²) in [5, 5.41) is 15.5. The number of rotatable bonds is 6. The van der Waals surface area contributed by atoms with Crippen LogP contribution in [-0.4, -0.2) is 33.9 Å². The molecule has 1 aromatic carbocycles. The van der Waals surface area contributed by atoms with E-state index >= 15 is 0 Å². The van der Waals surface area contributed by atoms with Gasteiger partial charge in [-0.3, -0.25) is 10.1 Å². The van der Waals surface area contributed by atoms with Gasteiger partial charge in [-0.2, -0.15) is 13.2 Å². The number of amides is 1. The van der Waals surface area contributed by atoms with E-state index in [2.05, 4.69) is 10.1 Å². The lowest BCUT2D eigenvalue weighted by atomic mass is 10.2. The molecule has 144 valence electrons. The maximum atomic E-state index is 12.2. The third-order valence-electron chi connectivity index (χ3n) is 2.82. The van der Waals surface area contributed by atoms with Gasteiger partial charge in [0.2, 0.25) is 5.71 Å². The van der Waals surface area contributed by atoms with Gasteiger partial charge in [0, 0.05) is 21.0 Å². The molecule has 0 saturated carbocycles. The summed E-state index contributed by atoms with van der Waals surface area (Å²) in [6.07, 6.45) is -5.10. The van der Waals surface area contributed by atoms with Crippen LogP contribution < -0.4 is 5.32 Å². The summed E-state index contributed by atoms with van der Waals surface area (Å²) < 4.78 is 36.7. The second-order valence-electron chi connectivity index (χ2n) is 4.74. The minimum absolute atomic E-state index is 0.186. The van der Waals surface area contributed by atoms with Crippen molar-refractivity contribution in [3.05, 3.63) is 44.9 Å². The summed E-state index contributed by atoms with van der Waals surface area (Å²) in [6, 6.07) is 4.55. The van der Waals surface area contributed by atoms with E-state index in [0.717, 1.165) is 5.38 Å². The monoisotopic (exact) mass is 441 g/mol. The van der Waals surface area contributed by atoms with E-state index in [1.807, 2.05) is 0 Å². The van der Waals surface area contributed by atoms with Crippen LogP contribution in [0.5, 0.6) is 0 Å². The van der Waals surface area contributed by atoms with E-state index in [1.165, 1.54) is 11.4 Å². The third-order valence-corrected chi connectivity index (χ3v) is 4.16. The molecule has 2 N–H and O–H groups in total. The molecule has 0 bridgehead atoms. The number of thiazole rings is 1. The van der Waals surface area contributed by atoms with Crippen molar-refractivity contribution in [2.75, 3.05) is 5.32 Å². The van der Waals surface area contributed by atoms with Gasteiger partial charge in [-0.15, -0.1) is 11.3 Å². The number of aliphatic carboxylic acids is 1. The van der Waals surface area contributed by atoms with Crippen LogP contribution in [0, 0.1) is 0 Å². The molecule has 0 aliphatic heterocycles. The van der Waals surface area contributed by atoms with Crippen molar-refractivity contribution >= 4 is 57.3 Å². The number of halogens is 5. The number of nitrogens with zero attached hydrogens (tertiary/aromatic N) is 2. The van der Waals surface area contributed by atoms with Gasteiger partial charge in [0.15, 0.2) is 5.13 Å². The van der Waals surface area contributed by atoms with Crippen molar-refractivity contribution < 1.29 is 32.7 Å². The van der Waals surface area contributed by atoms with Gasteiger partial charge in [-0.1, -0.05) is 34.4 Å². The van der Waals surface area contributed by atoms with Crippen LogP contribution in [0.25, 0.3) is 0 Å². The molecule has 1 heterocycles. The molecule has 2 rings (SSSR count). The number of nitrogens with one attached hydrogen (secondary N) is 1. The lowest BCUT2D eigenvalue weighted by Crippen LogP contribution is -2.29. The van der Waals surface area contributed by atoms with Crippen molar-refractivity contribution in [2.45, 2.75) is 12.8 Å². The highest BCUT2D eigenvalue weighted by Crippen LogP contribution is 2.23. The first-order valence-electron chi connectivity index (χ1n) is 6.79. The number of anilines is 1. The van der Waals surface area contributed by atoms with Gasteiger partial charge >= 0.3 is 18.1 Å². The minimum atomic E-state index is -5.10. The Morgan fingerprint density at radius 2 is 2.04 bits per heavy atom. The van der Waals surface area contributed by atoms with Gasteiger partial charge in [0.1, 0.15) is 12.3 Å². The first-order chi connectivity index (χ1) is 12.6. The first-order valence-corrected chi connectivity index (χ1v) is 8.42. The maximum absolute atomic E-state index is 12.2. The largest absolute Gasteiger partial charge is 0.476 e. The van der Waals surface area contributed by atoms with Crippen molar-refractivity contribution in [3.8, 4) is 0 Å². The van der Waals surface area contributed by atoms with Gasteiger partial charge in [-0.25, -0.2) is 9.78 Å². The fraction of sp³-hybridized carbons (Fsp3) is 0.143. The number of carbonyl (C=O) groups is 2. The van der Waals surface area contributed by atoms with Crippen molar-refractivity contribution in [3.63, 3.8) is 0 Å². The zero-order valence-electron chi connectivity index (χ0n) is 12.9. The molecule has 0 aliphatic rings. The Morgan fingerprint density at radius 1 is 1.33 bits per heavy atom. The molecular weight excluding hydrogens is 434 g/mol. The molecule has 1 amide bonds. The summed E-state index contributed by atoms with van der Waals surface area (Å²) in [4.78, 5) is 30.7. The highest BCUT2D eigenvalue weighted by Gasteiger charge is 2.39. The molecule has 0 spiro atoms. The second kappa shape index (κ2) is 8.55. The van der Waals surface area contributed by atoms with Gasteiger partial charge in [-0.05, 0) is 12.1 Å². The zero-order chi connectivity index (χ0) is 20.2. The van der Waals surface area contributed by atoms with Gasteiger partial charge in [0.05, 0.1) is 0 Å². The van der Waals surface area contributed by atoms with Crippen molar-refractivity contribution in [2.24, 2.45) is 5.16 Å². The summed E-state index contributed by atoms with van der Waals surface area (Å²) in [7, 11) is 0. The average molecular weight is 442 g/mol. The molecule has 0 fully saturated rings. The number of carbonyl (C=O) groups excluding carboxylic acids is 1. The summed E-state index contributed by atoms with van der Waals surface area (Å²) in [5.74, 6) is -3.76. The zero-order valence-corrected chi connectivity index (χ0v) is 15.2. The van der Waals surface area contributed by atoms with E-state index in [-0.39, 0.29) is 17.3 Å². The van der Waals surface area contributed by atoms with Crippen LogP contribution >= 0.6 is 34.5 Å². The number of carboxylic acids is 1. The van der Waals surface area contributed by atoms with Crippen LogP contribution in [0.15, 0.2) is 28.7 Å². The molecule has 2 aromatic rings. The topological polar surface area (TPSA) is 101 Å². The highest BCUT2D eigenvalue weighted by molar-refractivity contribution is 7.14. The van der Waals surface area contributed by atoms with Crippen LogP contribution in [0.4, 0.5) is 18.3 Å². The molecule has 27 heavy (non-hydrogen) atoms. The predicted octanol–water partition coefficient (Wildman–Crippen LogP) is 3.96. The van der Waals surface area contributed by atoms with E-state index in [1.54, 1.807) is 12.1 Å². The number of hydrogen-bond donors (Lipinski definition) is 2. The molecule has 7 nitrogen and oxygen atoms in total. The molecule has 13 heteroatoms. The Bertz CT molecular complexity index is 902. The van der Waals surface area contributed by atoms with E-state index in [9.17, 15) is 27.9 Å². The quantitative estimate of drug-likeness (QED) is 0.521. The minimum Gasteiger partial charge on any atom is -0.476 e. The Balaban J connectivity index is 2.12. The number of aromatic nitrogens is 1. The lowest BCUT2D eigenvalue weighted by molar-refractivity contribution is -0.167. The molecular formula is C14H8Cl2F3N3O4S. The molecule has 0 atom stereocenters. The Hall–Kier alpha value is -2.37. The molecule has 0 unspecified atom stereocenters. The fourth-order valence-corrected chi connectivity index (χ4v) is 2.76. The second-order valence-corrected chi connectivity index (χ2v) is 6.45. The first kappa shape index (κ1) is 20.9. The number of benzene rings is 1. The number of hydrogen-bond acceptors (Lipinski definition) is 6. The summed E-state index contributed by atoms with van der Waals surface area (Å²) >= 11 is 12.3. The van der Waals surface area contributed by atoms with E-state index in [0.29, 0.717) is 21.9 Å². The van der Waals surface area contributed by atoms with E-state index < -0.39 is 28.9 Å². The van der Waals surface area contributed by atoms with Crippen LogP contribution in [0.2, 0.25) is 10.0 Å². The number of carboxylic acid groups (broad SMARTS) is 1. The predicted molar refractivity (Wildman–Crippen MR) is 92.2 cm³/mol. The average Bonchev–Trinajstić information content (AvgIpc) is 3.00. The van der Waals surface area contributed by atoms with Gasteiger partial charge in [0.25, 0.3) is 0 Å². The van der Waals surface area contributed by atoms with Gasteiger partial charge < -0.3 is 9.94 Å². The lowest BCUT2D eigenvalue weighted by Gasteiger charge is -2.05. The summed E-state index contributed by atoms with van der Waals surface area (Å²) in [6.45, 7) is -0.186. The highest BCUT2D eigenvalue weighted by atomic mass is 35.5. The summed E-state index contributed by atoms with van der Waals surface area (Å²) in [5.41, 5.74) is -0.470. The van der Waals surface area contributed by atoms with E-state index in [4.69, 9.17) is 28.0 Å². The van der Waals surface area contributed by atoms with Crippen molar-refractivity contribution in [1.29, 1.82) is 0 Å². The molecule has 0 saturated heterocycles. The van der Waals surface area contributed by atoms with Crippen LogP contribution in [0.3, 0.4) is 0 Å². The normalized spacial score (nSPS) is 12.0. The SMILES string of the molecule is O=C(O)/C(=N\OCc1ccc(Cl)cc1Cl)c1csc(NC(=O)C(F)(F)F)n1. The number of alkyl halides is 3.